The maximum absolute atomic E-state index is 10.3. The highest BCUT2D eigenvalue weighted by Gasteiger charge is 2.11. The van der Waals surface area contributed by atoms with E-state index in [-0.39, 0.29) is 11.4 Å². The van der Waals surface area contributed by atoms with E-state index in [1.165, 1.54) is 17.5 Å². The molecule has 3 aromatic rings. The molecule has 1 atom stereocenters. The van der Waals surface area contributed by atoms with Gasteiger partial charge in [-0.2, -0.15) is 10.5 Å². The van der Waals surface area contributed by atoms with Crippen LogP contribution in [-0.4, -0.2) is 25.7 Å². The van der Waals surface area contributed by atoms with Crippen molar-refractivity contribution >= 4 is 22.6 Å². The first-order valence-electron chi connectivity index (χ1n) is 6.70. The number of rotatable bonds is 5. The Hall–Kier alpha value is -3.02. The number of nitrogens with zero attached hydrogens (tertiary/aromatic N) is 4. The summed E-state index contributed by atoms with van der Waals surface area (Å²) >= 11 is 1.51. The average molecular weight is 324 g/mol. The number of hydrogen-bond acceptors (Lipinski definition) is 7. The zero-order valence-electron chi connectivity index (χ0n) is 11.8. The van der Waals surface area contributed by atoms with Gasteiger partial charge in [0.1, 0.15) is 17.7 Å². The summed E-state index contributed by atoms with van der Waals surface area (Å²) in [7, 11) is 0. The average Bonchev–Trinajstić information content (AvgIpc) is 3.29. The fourth-order valence-corrected chi connectivity index (χ4v) is 2.69. The minimum Gasteiger partial charge on any atom is -0.383 e. The van der Waals surface area contributed by atoms with E-state index < -0.39 is 6.10 Å². The molecule has 0 aliphatic rings. The molecule has 23 heavy (non-hydrogen) atoms. The van der Waals surface area contributed by atoms with E-state index >= 15 is 0 Å². The van der Waals surface area contributed by atoms with Crippen LogP contribution in [0.2, 0.25) is 0 Å². The summed E-state index contributed by atoms with van der Waals surface area (Å²) in [6.07, 6.45) is 0.879. The SMILES string of the molecule is N#CC(=CNc1ccc(C(O)c2cccs2)cc1)c1nn[nH]n1. The third kappa shape index (κ3) is 3.42. The monoisotopic (exact) mass is 324 g/mol. The Balaban J connectivity index is 1.72. The lowest BCUT2D eigenvalue weighted by Gasteiger charge is -2.10. The number of allylic oxidation sites excluding steroid dienone is 1. The quantitative estimate of drug-likeness (QED) is 0.621. The maximum Gasteiger partial charge on any atom is 0.216 e. The molecule has 0 bridgehead atoms. The van der Waals surface area contributed by atoms with Crippen LogP contribution < -0.4 is 5.32 Å². The van der Waals surface area contributed by atoms with Crippen molar-refractivity contribution in [1.29, 1.82) is 5.26 Å². The highest BCUT2D eigenvalue weighted by molar-refractivity contribution is 7.10. The number of aromatic nitrogens is 4. The van der Waals surface area contributed by atoms with Gasteiger partial charge in [-0.05, 0) is 34.4 Å². The Kier molecular flexibility index (Phi) is 4.42. The minimum absolute atomic E-state index is 0.227. The second-order valence-corrected chi connectivity index (χ2v) is 5.57. The molecule has 0 aliphatic heterocycles. The van der Waals surface area contributed by atoms with Gasteiger partial charge in [0.05, 0.1) is 0 Å². The van der Waals surface area contributed by atoms with Crippen molar-refractivity contribution in [2.45, 2.75) is 6.10 Å². The second-order valence-electron chi connectivity index (χ2n) is 4.59. The first kappa shape index (κ1) is 14.9. The van der Waals surface area contributed by atoms with E-state index in [0.717, 1.165) is 16.1 Å². The summed E-state index contributed by atoms with van der Waals surface area (Å²) in [6, 6.07) is 13.1. The second kappa shape index (κ2) is 6.83. The van der Waals surface area contributed by atoms with E-state index in [1.54, 1.807) is 0 Å². The predicted molar refractivity (Wildman–Crippen MR) is 86.2 cm³/mol. The van der Waals surface area contributed by atoms with E-state index in [1.807, 2.05) is 47.8 Å². The van der Waals surface area contributed by atoms with E-state index in [0.29, 0.717) is 0 Å². The lowest BCUT2D eigenvalue weighted by atomic mass is 10.1. The highest BCUT2D eigenvalue weighted by atomic mass is 32.1. The van der Waals surface area contributed by atoms with Crippen LogP contribution in [0.4, 0.5) is 5.69 Å². The number of nitriles is 1. The Morgan fingerprint density at radius 1 is 1.35 bits per heavy atom. The molecule has 3 N–H and O–H groups in total. The molecule has 0 aliphatic carbocycles. The lowest BCUT2D eigenvalue weighted by Crippen LogP contribution is -1.98. The number of aliphatic hydroxyl groups is 1. The Labute approximate surface area is 135 Å². The van der Waals surface area contributed by atoms with Crippen molar-refractivity contribution in [3.63, 3.8) is 0 Å². The third-order valence-electron chi connectivity index (χ3n) is 3.13. The molecule has 2 heterocycles. The van der Waals surface area contributed by atoms with Crippen LogP contribution in [0.25, 0.3) is 5.57 Å². The summed E-state index contributed by atoms with van der Waals surface area (Å²) in [6.45, 7) is 0. The van der Waals surface area contributed by atoms with Gasteiger partial charge in [-0.1, -0.05) is 18.2 Å². The van der Waals surface area contributed by atoms with E-state index in [4.69, 9.17) is 5.26 Å². The van der Waals surface area contributed by atoms with Gasteiger partial charge >= 0.3 is 0 Å². The van der Waals surface area contributed by atoms with Crippen molar-refractivity contribution in [2.24, 2.45) is 0 Å². The number of thiophene rings is 1. The molecular weight excluding hydrogens is 312 g/mol. The molecule has 0 fully saturated rings. The van der Waals surface area contributed by atoms with Crippen molar-refractivity contribution in [2.75, 3.05) is 5.32 Å². The molecule has 1 aromatic carbocycles. The Morgan fingerprint density at radius 3 is 2.78 bits per heavy atom. The molecule has 0 saturated carbocycles. The van der Waals surface area contributed by atoms with E-state index in [2.05, 4.69) is 25.9 Å². The van der Waals surface area contributed by atoms with Gasteiger partial charge in [0.15, 0.2) is 0 Å². The highest BCUT2D eigenvalue weighted by Crippen LogP contribution is 2.26. The maximum atomic E-state index is 10.3. The summed E-state index contributed by atoms with van der Waals surface area (Å²) in [5.74, 6) is 0.227. The van der Waals surface area contributed by atoms with Crippen LogP contribution >= 0.6 is 11.3 Å². The molecule has 2 aromatic heterocycles. The van der Waals surface area contributed by atoms with Crippen LogP contribution in [0.3, 0.4) is 0 Å². The predicted octanol–water partition coefficient (Wildman–Crippen LogP) is 2.32. The number of aliphatic hydroxyl groups excluding tert-OH is 1. The number of anilines is 1. The van der Waals surface area contributed by atoms with Crippen LogP contribution in [0.1, 0.15) is 22.4 Å². The van der Waals surface area contributed by atoms with E-state index in [9.17, 15) is 5.11 Å². The number of nitrogens with one attached hydrogen (secondary N) is 2. The zero-order valence-corrected chi connectivity index (χ0v) is 12.7. The number of benzene rings is 1. The summed E-state index contributed by atoms with van der Waals surface area (Å²) in [5.41, 5.74) is 1.85. The topological polar surface area (TPSA) is 111 Å². The third-order valence-corrected chi connectivity index (χ3v) is 4.05. The Morgan fingerprint density at radius 2 is 2.17 bits per heavy atom. The molecule has 0 saturated heterocycles. The van der Waals surface area contributed by atoms with Crippen LogP contribution in [0.5, 0.6) is 0 Å². The number of H-pyrrole nitrogens is 1. The van der Waals surface area contributed by atoms with Gasteiger partial charge in [-0.25, -0.2) is 0 Å². The van der Waals surface area contributed by atoms with Crippen molar-refractivity contribution in [3.05, 3.63) is 64.2 Å². The van der Waals surface area contributed by atoms with Gasteiger partial charge in [-0.3, -0.25) is 0 Å². The van der Waals surface area contributed by atoms with Crippen molar-refractivity contribution < 1.29 is 5.11 Å². The molecular formula is C15H12N6OS. The van der Waals surface area contributed by atoms with Crippen molar-refractivity contribution in [3.8, 4) is 6.07 Å². The van der Waals surface area contributed by atoms with Crippen LogP contribution in [0.15, 0.2) is 48.0 Å². The molecule has 7 nitrogen and oxygen atoms in total. The summed E-state index contributed by atoms with van der Waals surface area (Å²) in [4.78, 5) is 0.898. The molecule has 0 spiro atoms. The molecule has 0 radical (unpaired) electrons. The van der Waals surface area contributed by atoms with Crippen molar-refractivity contribution in [1.82, 2.24) is 20.6 Å². The first-order chi connectivity index (χ1) is 11.3. The van der Waals surface area contributed by atoms with Gasteiger partial charge in [-0.15, -0.1) is 21.5 Å². The number of tetrazole rings is 1. The summed E-state index contributed by atoms with van der Waals surface area (Å²) in [5, 5.41) is 37.5. The fraction of sp³-hybridized carbons (Fsp3) is 0.0667. The summed E-state index contributed by atoms with van der Waals surface area (Å²) < 4.78 is 0. The molecule has 3 rings (SSSR count). The fourth-order valence-electron chi connectivity index (χ4n) is 1.95. The number of hydrogen-bond donors (Lipinski definition) is 3. The lowest BCUT2D eigenvalue weighted by molar-refractivity contribution is 0.224. The molecule has 114 valence electrons. The largest absolute Gasteiger partial charge is 0.383 e. The molecule has 1 unspecified atom stereocenters. The normalized spacial score (nSPS) is 12.6. The van der Waals surface area contributed by atoms with Gasteiger partial charge in [0.25, 0.3) is 0 Å². The smallest absolute Gasteiger partial charge is 0.216 e. The van der Waals surface area contributed by atoms with Crippen LogP contribution in [-0.2, 0) is 0 Å². The molecule has 8 heteroatoms. The zero-order chi connectivity index (χ0) is 16.1. The Bertz CT molecular complexity index is 818. The standard InChI is InChI=1S/C15H12N6OS/c16-8-11(15-18-20-21-19-15)9-17-12-5-3-10(4-6-12)14(22)13-2-1-7-23-13/h1-7,9,14,17,22H,(H,18,19,20,21). The van der Waals surface area contributed by atoms with Crippen LogP contribution in [0, 0.1) is 11.3 Å². The number of aromatic amines is 1. The molecule has 0 amide bonds. The van der Waals surface area contributed by atoms with Gasteiger partial charge in [0.2, 0.25) is 5.82 Å². The van der Waals surface area contributed by atoms with Gasteiger partial charge in [0, 0.05) is 16.8 Å². The van der Waals surface area contributed by atoms with Gasteiger partial charge < -0.3 is 10.4 Å². The minimum atomic E-state index is -0.631. The first-order valence-corrected chi connectivity index (χ1v) is 7.58.